The molecule has 2 aromatic rings. The van der Waals surface area contributed by atoms with Crippen LogP contribution >= 0.6 is 23.5 Å². The van der Waals surface area contributed by atoms with Gasteiger partial charge in [0, 0.05) is 34.1 Å². The Kier molecular flexibility index (Phi) is 14.3. The topological polar surface area (TPSA) is 105 Å². The molecule has 0 aliphatic carbocycles. The van der Waals surface area contributed by atoms with E-state index in [-0.39, 0.29) is 25.4 Å². The molecule has 4 atom stereocenters. The summed E-state index contributed by atoms with van der Waals surface area (Å²) in [6.45, 7) is 8.18. The highest BCUT2D eigenvalue weighted by molar-refractivity contribution is 7.99. The van der Waals surface area contributed by atoms with Crippen LogP contribution in [-0.4, -0.2) is 60.8 Å². The molecule has 2 aliphatic heterocycles. The Morgan fingerprint density at radius 3 is 1.35 bits per heavy atom. The van der Waals surface area contributed by atoms with Gasteiger partial charge in [0.25, 0.3) is 0 Å². The Balaban J connectivity index is 1.29. The van der Waals surface area contributed by atoms with Crippen LogP contribution in [0.5, 0.6) is 0 Å². The summed E-state index contributed by atoms with van der Waals surface area (Å²) in [6, 6.07) is 16.5. The maximum Gasteiger partial charge on any atom is 0.323 e. The lowest BCUT2D eigenvalue weighted by molar-refractivity contribution is -0.167. The highest BCUT2D eigenvalue weighted by atomic mass is 32.2. The minimum absolute atomic E-state index is 0.241. The van der Waals surface area contributed by atoms with Crippen LogP contribution in [-0.2, 0) is 38.1 Å². The van der Waals surface area contributed by atoms with E-state index in [2.05, 4.69) is 62.4 Å². The normalized spacial score (nSPS) is 23.5. The minimum atomic E-state index is -1.19. The van der Waals surface area contributed by atoms with Crippen molar-refractivity contribution in [3.05, 3.63) is 48.5 Å². The van der Waals surface area contributed by atoms with Gasteiger partial charge in [-0.1, -0.05) is 76.6 Å². The van der Waals surface area contributed by atoms with Gasteiger partial charge in [-0.3, -0.25) is 19.2 Å². The first-order valence-electron chi connectivity index (χ1n) is 17.4. The van der Waals surface area contributed by atoms with Crippen LogP contribution in [0.1, 0.15) is 91.9 Å². The average Bonchev–Trinajstić information content (AvgIpc) is 3.60. The Morgan fingerprint density at radius 1 is 0.646 bits per heavy atom. The molecule has 2 aromatic carbocycles. The third kappa shape index (κ3) is 9.17. The lowest BCUT2D eigenvalue weighted by Gasteiger charge is -2.22. The third-order valence-electron chi connectivity index (χ3n) is 9.14. The first kappa shape index (κ1) is 37.8. The number of benzene rings is 2. The molecule has 0 amide bonds. The molecule has 2 fully saturated rings. The summed E-state index contributed by atoms with van der Waals surface area (Å²) in [6.07, 6.45) is 6.48. The second-order valence-corrected chi connectivity index (χ2v) is 14.8. The van der Waals surface area contributed by atoms with Crippen molar-refractivity contribution < 1.29 is 38.1 Å². The maximum absolute atomic E-state index is 12.9. The second kappa shape index (κ2) is 18.1. The molecular weight excluding hydrogens is 649 g/mol. The van der Waals surface area contributed by atoms with Crippen LogP contribution in [0.25, 0.3) is 11.1 Å². The molecule has 0 aromatic heterocycles. The van der Waals surface area contributed by atoms with E-state index in [9.17, 15) is 19.2 Å². The van der Waals surface area contributed by atoms with Gasteiger partial charge in [-0.15, -0.1) is 23.5 Å². The zero-order chi connectivity index (χ0) is 34.6. The Bertz CT molecular complexity index is 1270. The standard InChI is InChI=1S/C38H50O8S2/c1-5-9-11-21-37(33(39)43-7-3)23-29(45-35(37)41)25-47-31-17-13-27(14-18-31)28-15-19-32(20-16-28)48-26-30-24-38(36(42)46-30,22-12-10-6-2)34(40)44-8-4/h13-20,29-30H,5-12,21-26H2,1-4H3. The smallest absolute Gasteiger partial charge is 0.323 e. The molecule has 262 valence electrons. The van der Waals surface area contributed by atoms with E-state index in [0.29, 0.717) is 37.2 Å². The molecule has 0 saturated carbocycles. The lowest BCUT2D eigenvalue weighted by Crippen LogP contribution is -2.37. The van der Waals surface area contributed by atoms with Gasteiger partial charge in [0.1, 0.15) is 12.2 Å². The predicted octanol–water partition coefficient (Wildman–Crippen LogP) is 8.43. The molecule has 4 rings (SSSR count). The number of carbonyl (C=O) groups is 4. The van der Waals surface area contributed by atoms with Crippen LogP contribution < -0.4 is 0 Å². The molecule has 0 spiro atoms. The van der Waals surface area contributed by atoms with Crippen LogP contribution in [0.2, 0.25) is 0 Å². The lowest BCUT2D eigenvalue weighted by atomic mass is 9.80. The zero-order valence-corrected chi connectivity index (χ0v) is 30.4. The average molecular weight is 699 g/mol. The summed E-state index contributed by atoms with van der Waals surface area (Å²) in [5, 5.41) is 0. The summed E-state index contributed by atoms with van der Waals surface area (Å²) >= 11 is 3.22. The van der Waals surface area contributed by atoms with Crippen molar-refractivity contribution in [2.24, 2.45) is 10.8 Å². The van der Waals surface area contributed by atoms with Gasteiger partial charge < -0.3 is 18.9 Å². The fourth-order valence-electron chi connectivity index (χ4n) is 6.44. The second-order valence-electron chi connectivity index (χ2n) is 12.7. The molecule has 48 heavy (non-hydrogen) atoms. The van der Waals surface area contributed by atoms with E-state index in [1.54, 1.807) is 37.4 Å². The fraction of sp³-hybridized carbons (Fsp3) is 0.579. The summed E-state index contributed by atoms with van der Waals surface area (Å²) in [5.41, 5.74) is -0.213. The molecule has 2 aliphatic rings. The van der Waals surface area contributed by atoms with Gasteiger partial charge in [-0.05, 0) is 62.1 Å². The minimum Gasteiger partial charge on any atom is -0.465 e. The quantitative estimate of drug-likeness (QED) is 0.0467. The number of rotatable bonds is 19. The Hall–Kier alpha value is -2.98. The fourth-order valence-corrected chi connectivity index (χ4v) is 8.23. The van der Waals surface area contributed by atoms with Gasteiger partial charge in [0.2, 0.25) is 0 Å². The van der Waals surface area contributed by atoms with Crippen molar-refractivity contribution in [3.63, 3.8) is 0 Å². The summed E-state index contributed by atoms with van der Waals surface area (Å²) in [7, 11) is 0. The largest absolute Gasteiger partial charge is 0.465 e. The van der Waals surface area contributed by atoms with E-state index >= 15 is 0 Å². The van der Waals surface area contributed by atoms with Gasteiger partial charge >= 0.3 is 23.9 Å². The highest BCUT2D eigenvalue weighted by Crippen LogP contribution is 2.43. The van der Waals surface area contributed by atoms with E-state index < -0.39 is 34.7 Å². The number of hydrogen-bond acceptors (Lipinski definition) is 10. The molecule has 0 N–H and O–H groups in total. The molecular formula is C38H50O8S2. The molecule has 0 bridgehead atoms. The molecule has 2 heterocycles. The van der Waals surface area contributed by atoms with Crippen LogP contribution in [0.4, 0.5) is 0 Å². The maximum atomic E-state index is 12.9. The number of hydrogen-bond donors (Lipinski definition) is 0. The molecule has 4 unspecified atom stereocenters. The van der Waals surface area contributed by atoms with Crippen LogP contribution in [0.3, 0.4) is 0 Å². The number of ether oxygens (including phenoxy) is 4. The van der Waals surface area contributed by atoms with Crippen molar-refractivity contribution in [3.8, 4) is 11.1 Å². The predicted molar refractivity (Wildman–Crippen MR) is 189 cm³/mol. The third-order valence-corrected chi connectivity index (χ3v) is 11.4. The van der Waals surface area contributed by atoms with Gasteiger partial charge in [-0.25, -0.2) is 0 Å². The Labute approximate surface area is 293 Å². The van der Waals surface area contributed by atoms with Crippen molar-refractivity contribution in [1.82, 2.24) is 0 Å². The number of carbonyl (C=O) groups excluding carboxylic acids is 4. The number of esters is 4. The van der Waals surface area contributed by atoms with Crippen LogP contribution in [0.15, 0.2) is 58.3 Å². The van der Waals surface area contributed by atoms with E-state index in [1.807, 2.05) is 0 Å². The van der Waals surface area contributed by atoms with Crippen molar-refractivity contribution in [1.29, 1.82) is 0 Å². The molecule has 10 heteroatoms. The monoisotopic (exact) mass is 698 g/mol. The van der Waals surface area contributed by atoms with Crippen molar-refractivity contribution in [2.75, 3.05) is 24.7 Å². The van der Waals surface area contributed by atoms with E-state index in [1.165, 1.54) is 0 Å². The van der Waals surface area contributed by atoms with Crippen molar-refractivity contribution >= 4 is 47.4 Å². The van der Waals surface area contributed by atoms with E-state index in [0.717, 1.165) is 59.4 Å². The first-order chi connectivity index (χ1) is 23.2. The van der Waals surface area contributed by atoms with Crippen LogP contribution in [0, 0.1) is 10.8 Å². The van der Waals surface area contributed by atoms with Gasteiger partial charge in [0.05, 0.1) is 13.2 Å². The summed E-state index contributed by atoms with van der Waals surface area (Å²) < 4.78 is 22.0. The molecule has 8 nitrogen and oxygen atoms in total. The number of unbranched alkanes of at least 4 members (excludes halogenated alkanes) is 4. The number of thioether (sulfide) groups is 2. The van der Waals surface area contributed by atoms with E-state index in [4.69, 9.17) is 18.9 Å². The molecule has 2 saturated heterocycles. The first-order valence-corrected chi connectivity index (χ1v) is 19.4. The van der Waals surface area contributed by atoms with Crippen molar-refractivity contribution in [2.45, 2.75) is 114 Å². The summed E-state index contributed by atoms with van der Waals surface area (Å²) in [5.74, 6) is -0.664. The van der Waals surface area contributed by atoms with Gasteiger partial charge in [0.15, 0.2) is 10.8 Å². The molecule has 0 radical (unpaired) electrons. The number of cyclic esters (lactones) is 2. The zero-order valence-electron chi connectivity index (χ0n) is 28.8. The Morgan fingerprint density at radius 2 is 1.02 bits per heavy atom. The summed E-state index contributed by atoms with van der Waals surface area (Å²) in [4.78, 5) is 53.6. The SMILES string of the molecule is CCCCCC1(C(=O)OCC)CC(CSc2ccc(-c3ccc(SCC4CC(CCCCC)(C(=O)OCC)C(=O)O4)cc3)cc2)OC1=O. The highest BCUT2D eigenvalue weighted by Gasteiger charge is 2.56. The van der Waals surface area contributed by atoms with Gasteiger partial charge in [-0.2, -0.15) is 0 Å².